The lowest BCUT2D eigenvalue weighted by atomic mass is 10.1. The fourth-order valence-electron chi connectivity index (χ4n) is 2.28. The van der Waals surface area contributed by atoms with E-state index in [1.807, 2.05) is 6.07 Å². The maximum absolute atomic E-state index is 12.3. The highest BCUT2D eigenvalue weighted by Crippen LogP contribution is 2.16. The molecule has 0 aliphatic heterocycles. The van der Waals surface area contributed by atoms with Crippen LogP contribution in [-0.2, 0) is 6.54 Å². The molecule has 1 heterocycles. The molecule has 0 saturated carbocycles. The van der Waals surface area contributed by atoms with Crippen molar-refractivity contribution in [1.29, 1.82) is 0 Å². The Morgan fingerprint density at radius 1 is 0.880 bits per heavy atom. The third-order valence-electron chi connectivity index (χ3n) is 3.57. The van der Waals surface area contributed by atoms with Crippen LogP contribution >= 0.6 is 0 Å². The van der Waals surface area contributed by atoms with Gasteiger partial charge in [-0.05, 0) is 54.1 Å². The fraction of sp³-hybridized carbons (Fsp3) is 0.0526. The number of amides is 2. The van der Waals surface area contributed by atoms with Crippen molar-refractivity contribution in [3.63, 3.8) is 0 Å². The first-order chi connectivity index (χ1) is 12.2. The zero-order chi connectivity index (χ0) is 17.6. The minimum atomic E-state index is -0.333. The number of hydrogen-bond acceptors (Lipinski definition) is 4. The molecule has 1 aromatic heterocycles. The Hall–Kier alpha value is -3.38. The lowest BCUT2D eigenvalue weighted by Gasteiger charge is -2.08. The molecule has 0 atom stereocenters. The Labute approximate surface area is 144 Å². The molecule has 6 nitrogen and oxygen atoms in total. The van der Waals surface area contributed by atoms with Gasteiger partial charge in [0.25, 0.3) is 11.8 Å². The zero-order valence-corrected chi connectivity index (χ0v) is 13.4. The average molecular weight is 335 g/mol. The van der Waals surface area contributed by atoms with Crippen molar-refractivity contribution >= 4 is 23.2 Å². The third-order valence-corrected chi connectivity index (χ3v) is 3.57. The van der Waals surface area contributed by atoms with E-state index < -0.39 is 0 Å². The Morgan fingerprint density at radius 2 is 1.56 bits per heavy atom. The second kappa shape index (κ2) is 7.46. The van der Waals surface area contributed by atoms with Crippen LogP contribution in [0.3, 0.4) is 0 Å². The van der Waals surface area contributed by atoms with E-state index in [9.17, 15) is 9.59 Å². The quantitative estimate of drug-likeness (QED) is 0.667. The van der Waals surface area contributed by atoms with Crippen LogP contribution in [0.25, 0.3) is 0 Å². The average Bonchev–Trinajstić information content (AvgIpc) is 3.18. The molecule has 25 heavy (non-hydrogen) atoms. The molecule has 0 spiro atoms. The van der Waals surface area contributed by atoms with Crippen LogP contribution in [0.4, 0.5) is 11.4 Å². The summed E-state index contributed by atoms with van der Waals surface area (Å²) in [6.07, 6.45) is 1.44. The first-order valence-corrected chi connectivity index (χ1v) is 7.71. The summed E-state index contributed by atoms with van der Waals surface area (Å²) in [4.78, 5) is 24.2. The first kappa shape index (κ1) is 16.5. The smallest absolute Gasteiger partial charge is 0.291 e. The number of benzene rings is 2. The Morgan fingerprint density at radius 3 is 2.16 bits per heavy atom. The van der Waals surface area contributed by atoms with E-state index in [0.717, 1.165) is 5.56 Å². The van der Waals surface area contributed by atoms with Crippen molar-refractivity contribution in [1.82, 2.24) is 0 Å². The summed E-state index contributed by atoms with van der Waals surface area (Å²) in [5.74, 6) is -0.319. The van der Waals surface area contributed by atoms with Gasteiger partial charge in [-0.3, -0.25) is 9.59 Å². The highest BCUT2D eigenvalue weighted by atomic mass is 16.3. The van der Waals surface area contributed by atoms with Crippen LogP contribution in [0.15, 0.2) is 71.3 Å². The Balaban J connectivity index is 1.64. The van der Waals surface area contributed by atoms with Gasteiger partial charge in [0.1, 0.15) is 0 Å². The monoisotopic (exact) mass is 335 g/mol. The van der Waals surface area contributed by atoms with Gasteiger partial charge in [0.2, 0.25) is 0 Å². The van der Waals surface area contributed by atoms with E-state index in [2.05, 4.69) is 10.6 Å². The van der Waals surface area contributed by atoms with Crippen LogP contribution in [0.1, 0.15) is 26.5 Å². The lowest BCUT2D eigenvalue weighted by molar-refractivity contribution is 0.0994. The van der Waals surface area contributed by atoms with E-state index in [0.29, 0.717) is 23.5 Å². The van der Waals surface area contributed by atoms with E-state index >= 15 is 0 Å². The van der Waals surface area contributed by atoms with E-state index in [1.165, 1.54) is 6.26 Å². The van der Waals surface area contributed by atoms with Gasteiger partial charge in [0.15, 0.2) is 5.76 Å². The molecule has 3 rings (SSSR count). The van der Waals surface area contributed by atoms with Crippen molar-refractivity contribution in [2.24, 2.45) is 5.73 Å². The SMILES string of the molecule is NCc1cccc(C(=O)Nc2ccc(NC(=O)c3ccco3)cc2)c1. The van der Waals surface area contributed by atoms with Crippen molar-refractivity contribution in [2.45, 2.75) is 6.54 Å². The summed E-state index contributed by atoms with van der Waals surface area (Å²) in [6.45, 7) is 0.380. The molecule has 6 heteroatoms. The molecule has 2 amide bonds. The minimum absolute atomic E-state index is 0.220. The largest absolute Gasteiger partial charge is 0.459 e. The van der Waals surface area contributed by atoms with Crippen LogP contribution in [0.2, 0.25) is 0 Å². The standard InChI is InChI=1S/C19H17N3O3/c20-12-13-3-1-4-14(11-13)18(23)21-15-6-8-16(9-7-15)22-19(24)17-5-2-10-25-17/h1-11H,12,20H2,(H,21,23)(H,22,24). The number of nitrogens with one attached hydrogen (secondary N) is 2. The van der Waals surface area contributed by atoms with Gasteiger partial charge < -0.3 is 20.8 Å². The summed E-state index contributed by atoms with van der Waals surface area (Å²) in [7, 11) is 0. The van der Waals surface area contributed by atoms with Gasteiger partial charge in [0.05, 0.1) is 6.26 Å². The van der Waals surface area contributed by atoms with Crippen molar-refractivity contribution < 1.29 is 14.0 Å². The molecule has 126 valence electrons. The van der Waals surface area contributed by atoms with Crippen LogP contribution in [0, 0.1) is 0 Å². The Kier molecular flexibility index (Phi) is 4.92. The van der Waals surface area contributed by atoms with E-state index in [1.54, 1.807) is 54.6 Å². The summed E-state index contributed by atoms with van der Waals surface area (Å²) < 4.78 is 5.03. The molecule has 2 aromatic carbocycles. The molecular formula is C19H17N3O3. The second-order valence-electron chi connectivity index (χ2n) is 5.37. The van der Waals surface area contributed by atoms with E-state index in [-0.39, 0.29) is 17.6 Å². The number of carbonyl (C=O) groups is 2. The number of furan rings is 1. The maximum Gasteiger partial charge on any atom is 0.291 e. The molecule has 0 unspecified atom stereocenters. The summed E-state index contributed by atoms with van der Waals surface area (Å²) in [5.41, 5.74) is 8.25. The topological polar surface area (TPSA) is 97.4 Å². The number of hydrogen-bond donors (Lipinski definition) is 3. The normalized spacial score (nSPS) is 10.3. The summed E-state index contributed by atoms with van der Waals surface area (Å²) in [5, 5.41) is 5.52. The highest BCUT2D eigenvalue weighted by Gasteiger charge is 2.09. The van der Waals surface area contributed by atoms with Gasteiger partial charge in [-0.25, -0.2) is 0 Å². The van der Waals surface area contributed by atoms with Crippen LogP contribution in [0.5, 0.6) is 0 Å². The molecule has 0 aliphatic rings. The lowest BCUT2D eigenvalue weighted by Crippen LogP contribution is -2.13. The predicted molar refractivity (Wildman–Crippen MR) is 95.4 cm³/mol. The molecular weight excluding hydrogens is 318 g/mol. The third kappa shape index (κ3) is 4.13. The number of rotatable bonds is 5. The van der Waals surface area contributed by atoms with Gasteiger partial charge in [-0.1, -0.05) is 12.1 Å². The van der Waals surface area contributed by atoms with Gasteiger partial charge in [-0.15, -0.1) is 0 Å². The van der Waals surface area contributed by atoms with Gasteiger partial charge in [0, 0.05) is 23.5 Å². The van der Waals surface area contributed by atoms with Crippen LogP contribution < -0.4 is 16.4 Å². The maximum atomic E-state index is 12.3. The summed E-state index contributed by atoms with van der Waals surface area (Å²) in [6, 6.07) is 17.2. The van der Waals surface area contributed by atoms with Crippen molar-refractivity contribution in [3.8, 4) is 0 Å². The van der Waals surface area contributed by atoms with Gasteiger partial charge in [-0.2, -0.15) is 0 Å². The second-order valence-corrected chi connectivity index (χ2v) is 5.37. The highest BCUT2D eigenvalue weighted by molar-refractivity contribution is 6.05. The molecule has 0 fully saturated rings. The first-order valence-electron chi connectivity index (χ1n) is 7.71. The minimum Gasteiger partial charge on any atom is -0.459 e. The zero-order valence-electron chi connectivity index (χ0n) is 13.4. The van der Waals surface area contributed by atoms with Crippen molar-refractivity contribution in [3.05, 3.63) is 83.8 Å². The molecule has 0 bridgehead atoms. The molecule has 0 saturated heterocycles. The van der Waals surface area contributed by atoms with Crippen LogP contribution in [-0.4, -0.2) is 11.8 Å². The predicted octanol–water partition coefficient (Wildman–Crippen LogP) is 3.24. The molecule has 3 aromatic rings. The number of anilines is 2. The summed E-state index contributed by atoms with van der Waals surface area (Å²) >= 11 is 0. The number of nitrogens with two attached hydrogens (primary N) is 1. The number of carbonyl (C=O) groups excluding carboxylic acids is 2. The van der Waals surface area contributed by atoms with Gasteiger partial charge >= 0.3 is 0 Å². The molecule has 4 N–H and O–H groups in total. The fourth-order valence-corrected chi connectivity index (χ4v) is 2.28. The molecule has 0 aliphatic carbocycles. The van der Waals surface area contributed by atoms with E-state index in [4.69, 9.17) is 10.2 Å². The Bertz CT molecular complexity index is 871. The molecule has 0 radical (unpaired) electrons. The van der Waals surface area contributed by atoms with Crippen molar-refractivity contribution in [2.75, 3.05) is 10.6 Å².